The van der Waals surface area contributed by atoms with Gasteiger partial charge in [0, 0.05) is 35.8 Å². The predicted molar refractivity (Wildman–Crippen MR) is 111 cm³/mol. The molecule has 0 unspecified atom stereocenters. The smallest absolute Gasteiger partial charge is 0.253 e. The number of aromatic nitrogens is 1. The SMILES string of the molecule is O=c1c(NCc2cccc(O)c2)c(Nc2ccc(O)c(-c3cccnc3)c2)c1=O. The van der Waals surface area contributed by atoms with Crippen molar-refractivity contribution in [3.05, 3.63) is 93.0 Å². The number of rotatable bonds is 6. The van der Waals surface area contributed by atoms with Crippen LogP contribution in [-0.4, -0.2) is 15.2 Å². The molecule has 0 radical (unpaired) electrons. The summed E-state index contributed by atoms with van der Waals surface area (Å²) in [4.78, 5) is 28.1. The Morgan fingerprint density at radius 2 is 1.72 bits per heavy atom. The van der Waals surface area contributed by atoms with Crippen LogP contribution in [0.25, 0.3) is 11.1 Å². The first kappa shape index (κ1) is 18.2. The highest BCUT2D eigenvalue weighted by Crippen LogP contribution is 2.32. The van der Waals surface area contributed by atoms with Crippen molar-refractivity contribution < 1.29 is 10.2 Å². The Bertz CT molecular complexity index is 1250. The third-order valence-electron chi connectivity index (χ3n) is 4.53. The molecule has 0 saturated heterocycles. The zero-order chi connectivity index (χ0) is 20.4. The molecule has 4 rings (SSSR count). The Balaban J connectivity index is 1.57. The second-order valence-corrected chi connectivity index (χ2v) is 6.53. The summed E-state index contributed by atoms with van der Waals surface area (Å²) in [6.07, 6.45) is 3.26. The molecule has 29 heavy (non-hydrogen) atoms. The first-order chi connectivity index (χ1) is 14.0. The summed E-state index contributed by atoms with van der Waals surface area (Å²) < 4.78 is 0. The number of benzene rings is 2. The molecule has 0 fully saturated rings. The van der Waals surface area contributed by atoms with Crippen molar-refractivity contribution in [2.24, 2.45) is 0 Å². The molecule has 0 atom stereocenters. The van der Waals surface area contributed by atoms with Crippen LogP contribution < -0.4 is 21.5 Å². The lowest BCUT2D eigenvalue weighted by Crippen LogP contribution is -2.36. The van der Waals surface area contributed by atoms with Crippen LogP contribution in [0, 0.1) is 0 Å². The third kappa shape index (κ3) is 3.66. The van der Waals surface area contributed by atoms with E-state index in [4.69, 9.17) is 0 Å². The van der Waals surface area contributed by atoms with Crippen molar-refractivity contribution in [1.29, 1.82) is 0 Å². The van der Waals surface area contributed by atoms with Gasteiger partial charge in [0.05, 0.1) is 0 Å². The fraction of sp³-hybridized carbons (Fsp3) is 0.0455. The molecule has 7 nitrogen and oxygen atoms in total. The molecular formula is C22H17N3O4. The van der Waals surface area contributed by atoms with Crippen molar-refractivity contribution in [2.45, 2.75) is 6.54 Å². The molecule has 0 saturated carbocycles. The van der Waals surface area contributed by atoms with Gasteiger partial charge in [0.25, 0.3) is 10.9 Å². The molecule has 4 aromatic rings. The highest BCUT2D eigenvalue weighted by atomic mass is 16.3. The maximum absolute atomic E-state index is 12.1. The summed E-state index contributed by atoms with van der Waals surface area (Å²) in [5, 5.41) is 25.6. The number of hydrogen-bond acceptors (Lipinski definition) is 7. The molecule has 0 spiro atoms. The van der Waals surface area contributed by atoms with E-state index in [1.54, 1.807) is 54.9 Å². The average molecular weight is 387 g/mol. The van der Waals surface area contributed by atoms with Crippen molar-refractivity contribution in [1.82, 2.24) is 4.98 Å². The lowest BCUT2D eigenvalue weighted by molar-refractivity contribution is 0.474. The van der Waals surface area contributed by atoms with E-state index in [0.29, 0.717) is 11.3 Å². The van der Waals surface area contributed by atoms with E-state index in [9.17, 15) is 19.8 Å². The standard InChI is InChI=1S/C22H17N3O4/c26-16-5-1-3-13(9-16)11-24-19-20(22(29)21(19)28)25-15-6-7-18(27)17(10-15)14-4-2-8-23-12-14/h1-10,12,24-27H,11H2. The van der Waals surface area contributed by atoms with E-state index in [0.717, 1.165) is 11.1 Å². The molecule has 7 heteroatoms. The molecule has 3 aromatic carbocycles. The van der Waals surface area contributed by atoms with Gasteiger partial charge in [-0.25, -0.2) is 0 Å². The van der Waals surface area contributed by atoms with Gasteiger partial charge in [-0.3, -0.25) is 14.6 Å². The van der Waals surface area contributed by atoms with Crippen molar-refractivity contribution in [3.63, 3.8) is 0 Å². The van der Waals surface area contributed by atoms with Crippen LogP contribution in [-0.2, 0) is 6.54 Å². The molecule has 4 N–H and O–H groups in total. The molecule has 0 amide bonds. The lowest BCUT2D eigenvalue weighted by Gasteiger charge is -2.16. The van der Waals surface area contributed by atoms with Crippen LogP contribution in [0.1, 0.15) is 5.56 Å². The molecule has 1 aromatic heterocycles. The average Bonchev–Trinajstić information content (AvgIpc) is 2.74. The normalized spacial score (nSPS) is 10.8. The van der Waals surface area contributed by atoms with Gasteiger partial charge >= 0.3 is 0 Å². The maximum Gasteiger partial charge on any atom is 0.253 e. The molecular weight excluding hydrogens is 370 g/mol. The van der Waals surface area contributed by atoms with Gasteiger partial charge in [0.1, 0.15) is 22.9 Å². The van der Waals surface area contributed by atoms with Crippen LogP contribution in [0.5, 0.6) is 11.5 Å². The highest BCUT2D eigenvalue weighted by Gasteiger charge is 2.21. The quantitative estimate of drug-likeness (QED) is 0.297. The maximum atomic E-state index is 12.1. The fourth-order valence-electron chi connectivity index (χ4n) is 3.05. The Morgan fingerprint density at radius 1 is 0.897 bits per heavy atom. The van der Waals surface area contributed by atoms with Crippen LogP contribution in [0.15, 0.2) is 76.6 Å². The van der Waals surface area contributed by atoms with Crippen molar-refractivity contribution in [3.8, 4) is 22.6 Å². The number of hydrogen-bond donors (Lipinski definition) is 4. The Hall–Kier alpha value is -4.13. The first-order valence-electron chi connectivity index (χ1n) is 8.88. The number of phenols is 2. The largest absolute Gasteiger partial charge is 0.508 e. The molecule has 0 aliphatic heterocycles. The Morgan fingerprint density at radius 3 is 2.48 bits per heavy atom. The summed E-state index contributed by atoms with van der Waals surface area (Å²) in [6, 6.07) is 15.0. The van der Waals surface area contributed by atoms with Gasteiger partial charge in [-0.15, -0.1) is 0 Å². The minimum absolute atomic E-state index is 0.0794. The predicted octanol–water partition coefficient (Wildman–Crippen LogP) is 3.11. The molecule has 0 bridgehead atoms. The Labute approximate surface area is 165 Å². The minimum atomic E-state index is -0.612. The number of aromatic hydroxyl groups is 2. The van der Waals surface area contributed by atoms with E-state index in [2.05, 4.69) is 15.6 Å². The van der Waals surface area contributed by atoms with Crippen LogP contribution >= 0.6 is 0 Å². The second kappa shape index (κ2) is 7.47. The van der Waals surface area contributed by atoms with E-state index in [-0.39, 0.29) is 29.4 Å². The van der Waals surface area contributed by atoms with Gasteiger partial charge in [-0.1, -0.05) is 18.2 Å². The van der Waals surface area contributed by atoms with E-state index in [1.165, 1.54) is 6.07 Å². The number of pyridine rings is 1. The number of phenolic OH excluding ortho intramolecular Hbond substituents is 2. The van der Waals surface area contributed by atoms with Crippen molar-refractivity contribution in [2.75, 3.05) is 10.6 Å². The third-order valence-corrected chi connectivity index (χ3v) is 4.53. The van der Waals surface area contributed by atoms with E-state index >= 15 is 0 Å². The van der Waals surface area contributed by atoms with Crippen LogP contribution in [0.4, 0.5) is 17.1 Å². The molecule has 0 aliphatic rings. The van der Waals surface area contributed by atoms with Crippen LogP contribution in [0.2, 0.25) is 0 Å². The second-order valence-electron chi connectivity index (χ2n) is 6.53. The van der Waals surface area contributed by atoms with E-state index in [1.807, 2.05) is 6.07 Å². The zero-order valence-electron chi connectivity index (χ0n) is 15.2. The highest BCUT2D eigenvalue weighted by molar-refractivity contribution is 5.81. The van der Waals surface area contributed by atoms with Gasteiger partial charge in [0.15, 0.2) is 0 Å². The Kier molecular flexibility index (Phi) is 4.70. The van der Waals surface area contributed by atoms with Gasteiger partial charge in [0.2, 0.25) is 0 Å². The van der Waals surface area contributed by atoms with Crippen molar-refractivity contribution >= 4 is 17.1 Å². The lowest BCUT2D eigenvalue weighted by atomic mass is 10.1. The zero-order valence-corrected chi connectivity index (χ0v) is 15.2. The number of nitrogens with one attached hydrogen (secondary N) is 2. The summed E-state index contributed by atoms with van der Waals surface area (Å²) in [7, 11) is 0. The minimum Gasteiger partial charge on any atom is -0.508 e. The molecule has 144 valence electrons. The summed E-state index contributed by atoms with van der Waals surface area (Å²) >= 11 is 0. The topological polar surface area (TPSA) is 112 Å². The van der Waals surface area contributed by atoms with Gasteiger partial charge < -0.3 is 20.8 Å². The molecule has 0 aliphatic carbocycles. The number of nitrogens with zero attached hydrogens (tertiary/aromatic N) is 1. The molecule has 1 heterocycles. The number of anilines is 3. The van der Waals surface area contributed by atoms with E-state index < -0.39 is 10.9 Å². The fourth-order valence-corrected chi connectivity index (χ4v) is 3.05. The summed E-state index contributed by atoms with van der Waals surface area (Å²) in [6.45, 7) is 0.282. The van der Waals surface area contributed by atoms with Gasteiger partial charge in [-0.05, 0) is 42.0 Å². The summed E-state index contributed by atoms with van der Waals surface area (Å²) in [5.74, 6) is 0.204. The summed E-state index contributed by atoms with van der Waals surface area (Å²) in [5.41, 5.74) is 1.74. The monoisotopic (exact) mass is 387 g/mol. The first-order valence-corrected chi connectivity index (χ1v) is 8.88. The van der Waals surface area contributed by atoms with Crippen LogP contribution in [0.3, 0.4) is 0 Å². The van der Waals surface area contributed by atoms with Gasteiger partial charge in [-0.2, -0.15) is 0 Å².